The van der Waals surface area contributed by atoms with E-state index >= 15 is 0 Å². The van der Waals surface area contributed by atoms with E-state index in [0.717, 1.165) is 11.1 Å². The van der Waals surface area contributed by atoms with Gasteiger partial charge in [0.25, 0.3) is 0 Å². The molecule has 1 aromatic carbocycles. The molecule has 0 radical (unpaired) electrons. The van der Waals surface area contributed by atoms with Crippen molar-refractivity contribution in [1.29, 1.82) is 0 Å². The molecule has 0 atom stereocenters. The molecule has 0 heterocycles. The van der Waals surface area contributed by atoms with E-state index in [1.807, 2.05) is 25.1 Å². The molecule has 0 amide bonds. The lowest BCUT2D eigenvalue weighted by Gasteiger charge is -2.22. The smallest absolute Gasteiger partial charge is 0.335 e. The Balaban J connectivity index is 3.18. The van der Waals surface area contributed by atoms with Crippen molar-refractivity contribution in [3.05, 3.63) is 42.0 Å². The molecule has 0 saturated carbocycles. The van der Waals surface area contributed by atoms with Crippen molar-refractivity contribution in [3.63, 3.8) is 0 Å². The van der Waals surface area contributed by atoms with Crippen molar-refractivity contribution in [1.82, 2.24) is 0 Å². The van der Waals surface area contributed by atoms with Crippen LogP contribution in [-0.4, -0.2) is 5.97 Å². The van der Waals surface area contributed by atoms with Gasteiger partial charge in [0.15, 0.2) is 0 Å². The van der Waals surface area contributed by atoms with Crippen LogP contribution < -0.4 is 4.74 Å². The van der Waals surface area contributed by atoms with Crippen LogP contribution in [0.4, 0.5) is 0 Å². The summed E-state index contributed by atoms with van der Waals surface area (Å²) in [6.07, 6.45) is 1.17. The highest BCUT2D eigenvalue weighted by Gasteiger charge is 2.20. The van der Waals surface area contributed by atoms with E-state index in [1.165, 1.54) is 6.08 Å². The molecule has 0 aliphatic heterocycles. The molecule has 1 rings (SSSR count). The fourth-order valence-electron chi connectivity index (χ4n) is 1.47. The van der Waals surface area contributed by atoms with Crippen molar-refractivity contribution >= 4 is 5.97 Å². The van der Waals surface area contributed by atoms with Crippen LogP contribution in [0.15, 0.2) is 30.9 Å². The number of rotatable bonds is 2. The van der Waals surface area contributed by atoms with Crippen LogP contribution in [-0.2, 0) is 10.2 Å². The van der Waals surface area contributed by atoms with Gasteiger partial charge in [-0.1, -0.05) is 45.0 Å². The Labute approximate surface area is 96.9 Å². The van der Waals surface area contributed by atoms with Gasteiger partial charge in [-0.2, -0.15) is 0 Å². The summed E-state index contributed by atoms with van der Waals surface area (Å²) in [5, 5.41) is 0. The zero-order valence-electron chi connectivity index (χ0n) is 10.3. The topological polar surface area (TPSA) is 26.3 Å². The lowest BCUT2D eigenvalue weighted by Crippen LogP contribution is -2.15. The van der Waals surface area contributed by atoms with Crippen LogP contribution in [0.1, 0.15) is 31.9 Å². The molecule has 86 valence electrons. The average Bonchev–Trinajstić information content (AvgIpc) is 2.19. The zero-order valence-corrected chi connectivity index (χ0v) is 10.3. The predicted octanol–water partition coefficient (Wildman–Crippen LogP) is 3.38. The Bertz CT molecular complexity index is 411. The van der Waals surface area contributed by atoms with E-state index in [2.05, 4.69) is 27.4 Å². The van der Waals surface area contributed by atoms with Crippen LogP contribution in [0.2, 0.25) is 0 Å². The minimum absolute atomic E-state index is 0.0528. The molecule has 0 aromatic heterocycles. The lowest BCUT2D eigenvalue weighted by molar-refractivity contribution is -0.129. The van der Waals surface area contributed by atoms with E-state index < -0.39 is 5.97 Å². The second-order valence-electron chi connectivity index (χ2n) is 4.87. The number of carbonyl (C=O) groups excluding carboxylic acids is 1. The first kappa shape index (κ1) is 12.5. The minimum Gasteiger partial charge on any atom is -0.423 e. The highest BCUT2D eigenvalue weighted by Crippen LogP contribution is 2.32. The summed E-state index contributed by atoms with van der Waals surface area (Å²) < 4.78 is 5.22. The molecule has 0 unspecified atom stereocenters. The Morgan fingerprint density at radius 1 is 1.38 bits per heavy atom. The maximum atomic E-state index is 11.2. The largest absolute Gasteiger partial charge is 0.423 e. The third-order valence-electron chi connectivity index (χ3n) is 2.32. The fourth-order valence-corrected chi connectivity index (χ4v) is 1.47. The molecule has 2 heteroatoms. The number of carbonyl (C=O) groups is 1. The number of ether oxygens (including phenoxy) is 1. The number of esters is 1. The quantitative estimate of drug-likeness (QED) is 0.432. The number of hydrogen-bond acceptors (Lipinski definition) is 2. The SMILES string of the molecule is C=CC(=O)Oc1ccc(C)cc1C(C)(C)C. The molecule has 0 aliphatic carbocycles. The maximum Gasteiger partial charge on any atom is 0.335 e. The van der Waals surface area contributed by atoms with Crippen LogP contribution >= 0.6 is 0 Å². The minimum atomic E-state index is -0.422. The summed E-state index contributed by atoms with van der Waals surface area (Å²) >= 11 is 0. The molecule has 1 aromatic rings. The summed E-state index contributed by atoms with van der Waals surface area (Å²) in [5.74, 6) is 0.192. The van der Waals surface area contributed by atoms with Gasteiger partial charge >= 0.3 is 5.97 Å². The van der Waals surface area contributed by atoms with E-state index in [0.29, 0.717) is 5.75 Å². The third kappa shape index (κ3) is 2.96. The predicted molar refractivity (Wildman–Crippen MR) is 65.7 cm³/mol. The van der Waals surface area contributed by atoms with Gasteiger partial charge in [0.1, 0.15) is 5.75 Å². The van der Waals surface area contributed by atoms with Gasteiger partial charge in [0.2, 0.25) is 0 Å². The Kier molecular flexibility index (Phi) is 3.53. The normalized spacial score (nSPS) is 11.0. The van der Waals surface area contributed by atoms with E-state index in [-0.39, 0.29) is 5.41 Å². The molecule has 0 fully saturated rings. The van der Waals surface area contributed by atoms with Crippen molar-refractivity contribution < 1.29 is 9.53 Å². The first-order valence-electron chi connectivity index (χ1n) is 5.30. The summed E-state index contributed by atoms with van der Waals surface area (Å²) in [7, 11) is 0. The molecule has 2 nitrogen and oxygen atoms in total. The van der Waals surface area contributed by atoms with E-state index in [4.69, 9.17) is 4.74 Å². The Morgan fingerprint density at radius 2 is 2.00 bits per heavy atom. The first-order valence-corrected chi connectivity index (χ1v) is 5.30. The Hall–Kier alpha value is -1.57. The summed E-state index contributed by atoms with van der Waals surface area (Å²) in [4.78, 5) is 11.2. The number of aryl methyl sites for hydroxylation is 1. The van der Waals surface area contributed by atoms with Gasteiger partial charge < -0.3 is 4.74 Å². The van der Waals surface area contributed by atoms with Crippen molar-refractivity contribution in [2.45, 2.75) is 33.1 Å². The molecule has 0 N–H and O–H groups in total. The van der Waals surface area contributed by atoms with Gasteiger partial charge in [0, 0.05) is 11.6 Å². The number of hydrogen-bond donors (Lipinski definition) is 0. The highest BCUT2D eigenvalue weighted by molar-refractivity contribution is 5.83. The van der Waals surface area contributed by atoms with Gasteiger partial charge in [-0.05, 0) is 18.4 Å². The Morgan fingerprint density at radius 3 is 2.50 bits per heavy atom. The number of benzene rings is 1. The lowest BCUT2D eigenvalue weighted by atomic mass is 9.85. The second-order valence-corrected chi connectivity index (χ2v) is 4.87. The monoisotopic (exact) mass is 218 g/mol. The summed E-state index contributed by atoms with van der Waals surface area (Å²) in [6.45, 7) is 11.7. The van der Waals surface area contributed by atoms with Gasteiger partial charge in [0.05, 0.1) is 0 Å². The molecule has 0 saturated heterocycles. The first-order chi connectivity index (χ1) is 7.34. The molecule has 0 spiro atoms. The standard InChI is InChI=1S/C14H18O2/c1-6-13(15)16-12-8-7-10(2)9-11(12)14(3,4)5/h6-9H,1H2,2-5H3. The zero-order chi connectivity index (χ0) is 12.3. The molecular formula is C14H18O2. The van der Waals surface area contributed by atoms with E-state index in [1.54, 1.807) is 0 Å². The second kappa shape index (κ2) is 4.52. The van der Waals surface area contributed by atoms with E-state index in [9.17, 15) is 4.79 Å². The van der Waals surface area contributed by atoms with Crippen molar-refractivity contribution in [2.75, 3.05) is 0 Å². The molecule has 0 aliphatic rings. The van der Waals surface area contributed by atoms with Gasteiger partial charge in [-0.15, -0.1) is 0 Å². The van der Waals surface area contributed by atoms with Crippen LogP contribution in [0.3, 0.4) is 0 Å². The highest BCUT2D eigenvalue weighted by atomic mass is 16.5. The summed E-state index contributed by atoms with van der Waals surface area (Å²) in [6, 6.07) is 5.81. The average molecular weight is 218 g/mol. The molecule has 0 bridgehead atoms. The van der Waals surface area contributed by atoms with Crippen molar-refractivity contribution in [2.24, 2.45) is 0 Å². The van der Waals surface area contributed by atoms with Crippen molar-refractivity contribution in [3.8, 4) is 5.75 Å². The van der Waals surface area contributed by atoms with Crippen LogP contribution in [0, 0.1) is 6.92 Å². The fraction of sp³-hybridized carbons (Fsp3) is 0.357. The molecular weight excluding hydrogens is 200 g/mol. The van der Waals surface area contributed by atoms with Gasteiger partial charge in [-0.3, -0.25) is 0 Å². The molecule has 16 heavy (non-hydrogen) atoms. The van der Waals surface area contributed by atoms with Crippen LogP contribution in [0.5, 0.6) is 5.75 Å². The van der Waals surface area contributed by atoms with Gasteiger partial charge in [-0.25, -0.2) is 4.79 Å². The third-order valence-corrected chi connectivity index (χ3v) is 2.32. The summed E-state index contributed by atoms with van der Waals surface area (Å²) in [5.41, 5.74) is 2.13. The van der Waals surface area contributed by atoms with Crippen LogP contribution in [0.25, 0.3) is 0 Å². The maximum absolute atomic E-state index is 11.2.